The summed E-state index contributed by atoms with van der Waals surface area (Å²) in [6.45, 7) is 8.11. The standard InChI is InChI=1S/C52H71N11O14/c1-27(2)19-37(47(71)62-41(52(76)77)21-30-11-7-6-8-12-30)59-46(70)36(16-18-43(67)68)57-51(75)44(29(5)64)63-50(74)38(20-28(3)4)60-49(73)40(23-32-25-54-26-56-32)61-48(72)39(58-45(69)34(53)15-17-42(65)66)22-31-24-55-35-14-10-9-13-33(31)35/h6-14,24-29,34,36-41,44,55,64H,15-23,53H2,1-5H3,(H,54,56)(H,57,75)(H,58,69)(H,59,70)(H,60,73)(H,61,72)(H,62,71)(H,63,74)(H,65,66)(H,67,68)(H,76,77)/t29-,34+,36+,37+,38+,39+,40+,41+,44+/m1/s1. The highest BCUT2D eigenvalue weighted by Crippen LogP contribution is 2.20. The number of carbonyl (C=O) groups is 10. The van der Waals surface area contributed by atoms with E-state index in [4.69, 9.17) is 5.73 Å². The highest BCUT2D eigenvalue weighted by atomic mass is 16.4. The van der Waals surface area contributed by atoms with Gasteiger partial charge in [0.1, 0.15) is 42.3 Å². The van der Waals surface area contributed by atoms with E-state index in [1.807, 2.05) is 0 Å². The zero-order chi connectivity index (χ0) is 56.9. The van der Waals surface area contributed by atoms with Crippen LogP contribution in [0.2, 0.25) is 0 Å². The topological polar surface area (TPSA) is 406 Å². The monoisotopic (exact) mass is 1070 g/mol. The first-order valence-corrected chi connectivity index (χ1v) is 25.2. The van der Waals surface area contributed by atoms with Crippen LogP contribution in [-0.4, -0.2) is 149 Å². The largest absolute Gasteiger partial charge is 0.481 e. The number of hydrogen-bond donors (Lipinski definition) is 14. The number of para-hydroxylation sites is 1. The number of carboxylic acids is 3. The second-order valence-corrected chi connectivity index (χ2v) is 19.7. The van der Waals surface area contributed by atoms with E-state index in [9.17, 15) is 68.4 Å². The SMILES string of the molecule is CC(C)C[C@H](NC(=O)[C@H](CCC(=O)O)NC(=O)[C@@H](NC(=O)[C@H](CC(C)C)NC(=O)[C@H](Cc1cnc[nH]1)NC(=O)[C@H](Cc1c[nH]c2ccccc12)NC(=O)[C@@H](N)CCC(=O)O)[C@@H](C)O)C(=O)N[C@@H](Cc1ccccc1)C(=O)O. The molecule has 418 valence electrons. The Morgan fingerprint density at radius 1 is 0.545 bits per heavy atom. The van der Waals surface area contributed by atoms with Crippen molar-refractivity contribution in [2.45, 2.75) is 147 Å². The van der Waals surface area contributed by atoms with Gasteiger partial charge in [0.05, 0.1) is 18.5 Å². The lowest BCUT2D eigenvalue weighted by Crippen LogP contribution is -2.62. The summed E-state index contributed by atoms with van der Waals surface area (Å²) >= 11 is 0. The first-order valence-electron chi connectivity index (χ1n) is 25.2. The van der Waals surface area contributed by atoms with Crippen molar-refractivity contribution in [2.75, 3.05) is 0 Å². The van der Waals surface area contributed by atoms with Crippen LogP contribution in [0, 0.1) is 11.8 Å². The van der Waals surface area contributed by atoms with E-state index in [1.54, 1.807) is 88.5 Å². The Bertz CT molecular complexity index is 2660. The van der Waals surface area contributed by atoms with Crippen molar-refractivity contribution in [1.82, 2.24) is 52.2 Å². The molecule has 0 radical (unpaired) electrons. The Hall–Kier alpha value is -8.19. The second kappa shape index (κ2) is 29.8. The molecule has 15 N–H and O–H groups in total. The number of aromatic amines is 2. The lowest BCUT2D eigenvalue weighted by molar-refractivity contribution is -0.142. The van der Waals surface area contributed by atoms with Crippen LogP contribution in [0.5, 0.6) is 0 Å². The molecule has 7 amide bonds. The molecule has 0 unspecified atom stereocenters. The van der Waals surface area contributed by atoms with Crippen LogP contribution < -0.4 is 43.0 Å². The van der Waals surface area contributed by atoms with Crippen LogP contribution in [0.1, 0.15) is 90.0 Å². The number of H-pyrrole nitrogens is 2. The molecule has 4 aromatic rings. The number of aliphatic hydroxyl groups is 1. The van der Waals surface area contributed by atoms with E-state index in [0.29, 0.717) is 16.8 Å². The maximum absolute atomic E-state index is 14.4. The predicted molar refractivity (Wildman–Crippen MR) is 278 cm³/mol. The third kappa shape index (κ3) is 20.1. The number of nitrogens with one attached hydrogen (secondary N) is 9. The van der Waals surface area contributed by atoms with Gasteiger partial charge >= 0.3 is 17.9 Å². The molecule has 25 heteroatoms. The van der Waals surface area contributed by atoms with Gasteiger partial charge in [-0.3, -0.25) is 43.2 Å². The van der Waals surface area contributed by atoms with Gasteiger partial charge in [0, 0.05) is 61.1 Å². The first kappa shape index (κ1) is 61.4. The quantitative estimate of drug-likeness (QED) is 0.0304. The molecule has 4 rings (SSSR count). The Morgan fingerprint density at radius 2 is 1.04 bits per heavy atom. The number of nitrogens with zero attached hydrogens (tertiary/aromatic N) is 1. The fourth-order valence-electron chi connectivity index (χ4n) is 8.25. The number of nitrogens with two attached hydrogens (primary N) is 1. The molecule has 0 aliphatic carbocycles. The van der Waals surface area contributed by atoms with Crippen LogP contribution in [-0.2, 0) is 67.2 Å². The summed E-state index contributed by atoms with van der Waals surface area (Å²) < 4.78 is 0. The number of imidazole rings is 1. The normalized spacial score (nSPS) is 14.8. The summed E-state index contributed by atoms with van der Waals surface area (Å²) in [6, 6.07) is 3.88. The lowest BCUT2D eigenvalue weighted by atomic mass is 10.00. The second-order valence-electron chi connectivity index (χ2n) is 19.7. The number of fused-ring (bicyclic) bond motifs is 1. The smallest absolute Gasteiger partial charge is 0.326 e. The van der Waals surface area contributed by atoms with Crippen molar-refractivity contribution in [3.8, 4) is 0 Å². The van der Waals surface area contributed by atoms with Gasteiger partial charge in [0.15, 0.2) is 0 Å². The Morgan fingerprint density at radius 3 is 1.60 bits per heavy atom. The lowest BCUT2D eigenvalue weighted by Gasteiger charge is -2.29. The Balaban J connectivity index is 1.56. The third-order valence-corrected chi connectivity index (χ3v) is 12.3. The van der Waals surface area contributed by atoms with E-state index in [1.165, 1.54) is 12.5 Å². The number of carboxylic acid groups (broad SMARTS) is 3. The number of rotatable bonds is 32. The average molecular weight is 1070 g/mol. The number of hydrogen-bond acceptors (Lipinski definition) is 13. The molecule has 77 heavy (non-hydrogen) atoms. The number of aliphatic hydroxyl groups excluding tert-OH is 1. The number of benzene rings is 2. The van der Waals surface area contributed by atoms with Gasteiger partial charge in [-0.15, -0.1) is 0 Å². The van der Waals surface area contributed by atoms with E-state index in [-0.39, 0.29) is 50.4 Å². The molecule has 0 aliphatic heterocycles. The Kier molecular flexibility index (Phi) is 23.7. The number of carbonyl (C=O) groups excluding carboxylic acids is 7. The molecule has 2 aromatic carbocycles. The molecular formula is C52H71N11O14. The van der Waals surface area contributed by atoms with Crippen LogP contribution in [0.15, 0.2) is 73.3 Å². The summed E-state index contributed by atoms with van der Waals surface area (Å²) in [5.41, 5.74) is 8.35. The number of aromatic nitrogens is 3. The van der Waals surface area contributed by atoms with Crippen molar-refractivity contribution in [2.24, 2.45) is 17.6 Å². The highest BCUT2D eigenvalue weighted by Gasteiger charge is 2.37. The molecule has 9 atom stereocenters. The molecule has 2 heterocycles. The highest BCUT2D eigenvalue weighted by molar-refractivity contribution is 5.98. The number of aliphatic carboxylic acids is 3. The van der Waals surface area contributed by atoms with Gasteiger partial charge in [-0.1, -0.05) is 76.2 Å². The number of amides is 7. The summed E-state index contributed by atoms with van der Waals surface area (Å²) in [4.78, 5) is 143. The molecule has 0 aliphatic rings. The van der Waals surface area contributed by atoms with E-state index in [2.05, 4.69) is 52.2 Å². The van der Waals surface area contributed by atoms with Crippen molar-refractivity contribution in [3.63, 3.8) is 0 Å². The van der Waals surface area contributed by atoms with Crippen molar-refractivity contribution >= 4 is 70.2 Å². The van der Waals surface area contributed by atoms with Gasteiger partial charge in [0.2, 0.25) is 41.4 Å². The van der Waals surface area contributed by atoms with Crippen LogP contribution in [0.4, 0.5) is 0 Å². The zero-order valence-electron chi connectivity index (χ0n) is 43.5. The fourth-order valence-corrected chi connectivity index (χ4v) is 8.25. The van der Waals surface area contributed by atoms with E-state index < -0.39 is 133 Å². The van der Waals surface area contributed by atoms with Crippen LogP contribution in [0.3, 0.4) is 0 Å². The summed E-state index contributed by atoms with van der Waals surface area (Å²) in [7, 11) is 0. The van der Waals surface area contributed by atoms with Crippen molar-refractivity contribution in [1.29, 1.82) is 0 Å². The molecule has 0 saturated carbocycles. The summed E-state index contributed by atoms with van der Waals surface area (Å²) in [5.74, 6) is -11.0. The molecular weight excluding hydrogens is 1000 g/mol. The molecule has 2 aromatic heterocycles. The molecule has 0 fully saturated rings. The van der Waals surface area contributed by atoms with Crippen LogP contribution in [0.25, 0.3) is 10.9 Å². The summed E-state index contributed by atoms with van der Waals surface area (Å²) in [6.07, 6.45) is 0.426. The van der Waals surface area contributed by atoms with E-state index >= 15 is 0 Å². The summed E-state index contributed by atoms with van der Waals surface area (Å²) in [5, 5.41) is 58.0. The van der Waals surface area contributed by atoms with Gasteiger partial charge in [-0.2, -0.15) is 0 Å². The molecule has 25 nitrogen and oxygen atoms in total. The third-order valence-electron chi connectivity index (χ3n) is 12.3. The Labute approximate surface area is 444 Å². The average Bonchev–Trinajstić information content (AvgIpc) is 4.04. The molecule has 0 spiro atoms. The van der Waals surface area contributed by atoms with Gasteiger partial charge in [-0.05, 0) is 61.6 Å². The fraction of sp³-hybridized carbons (Fsp3) is 0.481. The van der Waals surface area contributed by atoms with Gasteiger partial charge in [0.25, 0.3) is 0 Å². The minimum atomic E-state index is -1.82. The van der Waals surface area contributed by atoms with Crippen molar-refractivity contribution in [3.05, 3.63) is 90.1 Å². The predicted octanol–water partition coefficient (Wildman–Crippen LogP) is -0.0730. The minimum Gasteiger partial charge on any atom is -0.481 e. The first-order chi connectivity index (χ1) is 36.4. The van der Waals surface area contributed by atoms with Gasteiger partial charge < -0.3 is 73.3 Å². The van der Waals surface area contributed by atoms with Crippen molar-refractivity contribution < 1.29 is 68.4 Å². The minimum absolute atomic E-state index is 0.00360. The maximum atomic E-state index is 14.4. The van der Waals surface area contributed by atoms with Gasteiger partial charge in [-0.25, -0.2) is 9.78 Å². The van der Waals surface area contributed by atoms with Crippen LogP contribution >= 0.6 is 0 Å². The molecule has 0 saturated heterocycles. The zero-order valence-corrected chi connectivity index (χ0v) is 43.5. The van der Waals surface area contributed by atoms with E-state index in [0.717, 1.165) is 17.8 Å². The molecule has 0 bridgehead atoms. The maximum Gasteiger partial charge on any atom is 0.326 e.